The summed E-state index contributed by atoms with van der Waals surface area (Å²) in [6.45, 7) is 0. The molecular formula is C20H14N4O4S. The topological polar surface area (TPSA) is 102 Å². The van der Waals surface area contributed by atoms with Crippen LogP contribution in [0.3, 0.4) is 0 Å². The minimum atomic E-state index is -0.451. The van der Waals surface area contributed by atoms with Gasteiger partial charge in [-0.15, -0.1) is 11.3 Å². The highest BCUT2D eigenvalue weighted by Gasteiger charge is 2.13. The maximum absolute atomic E-state index is 12.3. The fourth-order valence-corrected chi connectivity index (χ4v) is 3.41. The van der Waals surface area contributed by atoms with E-state index >= 15 is 0 Å². The Bertz CT molecular complexity index is 1280. The van der Waals surface area contributed by atoms with Crippen molar-refractivity contribution in [3.05, 3.63) is 86.1 Å². The second-order valence-electron chi connectivity index (χ2n) is 6.12. The zero-order chi connectivity index (χ0) is 20.4. The van der Waals surface area contributed by atoms with Crippen LogP contribution < -0.4 is 10.6 Å². The van der Waals surface area contributed by atoms with Crippen molar-refractivity contribution in [2.45, 2.75) is 0 Å². The number of hydrazone groups is 1. The van der Waals surface area contributed by atoms with Gasteiger partial charge in [-0.25, -0.2) is 14.8 Å². The first-order valence-corrected chi connectivity index (χ1v) is 9.40. The molecule has 0 bridgehead atoms. The van der Waals surface area contributed by atoms with Crippen molar-refractivity contribution in [2.75, 3.05) is 12.1 Å². The molecule has 0 aliphatic carbocycles. The third-order valence-corrected chi connectivity index (χ3v) is 5.08. The molecule has 9 heteroatoms. The summed E-state index contributed by atoms with van der Waals surface area (Å²) < 4.78 is 5.37. The number of non-ortho nitro benzene ring substituents is 1. The summed E-state index contributed by atoms with van der Waals surface area (Å²) in [6, 6.07) is 15.1. The molecule has 0 fully saturated rings. The number of nitrogens with zero attached hydrogens (tertiary/aromatic N) is 4. The molecule has 0 saturated carbocycles. The lowest BCUT2D eigenvalue weighted by molar-refractivity contribution is -0.384. The first-order chi connectivity index (χ1) is 14.0. The number of nitro benzene ring substituents is 1. The Morgan fingerprint density at radius 1 is 1.21 bits per heavy atom. The van der Waals surface area contributed by atoms with Crippen LogP contribution in [-0.4, -0.2) is 23.2 Å². The zero-order valence-corrected chi connectivity index (χ0v) is 16.0. The van der Waals surface area contributed by atoms with Gasteiger partial charge in [0.15, 0.2) is 0 Å². The zero-order valence-electron chi connectivity index (χ0n) is 15.2. The van der Waals surface area contributed by atoms with Crippen molar-refractivity contribution in [1.29, 1.82) is 0 Å². The second kappa shape index (κ2) is 7.64. The molecule has 4 rings (SSSR count). The lowest BCUT2D eigenvalue weighted by Crippen LogP contribution is -2.09. The van der Waals surface area contributed by atoms with Crippen LogP contribution in [0.5, 0.6) is 0 Å². The van der Waals surface area contributed by atoms with E-state index in [0.717, 1.165) is 10.9 Å². The molecule has 2 heterocycles. The van der Waals surface area contributed by atoms with Gasteiger partial charge in [0.2, 0.25) is 5.13 Å². The van der Waals surface area contributed by atoms with Crippen LogP contribution in [0.15, 0.2) is 74.3 Å². The van der Waals surface area contributed by atoms with Crippen LogP contribution in [0.1, 0.15) is 5.56 Å². The predicted octanol–water partition coefficient (Wildman–Crippen LogP) is 4.30. The molecule has 8 nitrogen and oxygen atoms in total. The summed E-state index contributed by atoms with van der Waals surface area (Å²) in [5, 5.41) is 19.8. The van der Waals surface area contributed by atoms with Gasteiger partial charge in [0.25, 0.3) is 5.69 Å². The number of hydrogen-bond donors (Lipinski definition) is 0. The molecule has 0 spiro atoms. The molecule has 0 N–H and O–H groups in total. The Hall–Kier alpha value is -3.85. The molecule has 0 radical (unpaired) electrons. The Balaban J connectivity index is 1.56. The number of aromatic nitrogens is 1. The van der Waals surface area contributed by atoms with Crippen LogP contribution in [0.2, 0.25) is 0 Å². The molecule has 2 aromatic carbocycles. The summed E-state index contributed by atoms with van der Waals surface area (Å²) in [5.74, 6) is 0. The predicted molar refractivity (Wildman–Crippen MR) is 113 cm³/mol. The minimum absolute atomic E-state index is 0.0225. The van der Waals surface area contributed by atoms with Crippen LogP contribution in [0.25, 0.3) is 22.2 Å². The van der Waals surface area contributed by atoms with Crippen molar-refractivity contribution in [3.63, 3.8) is 0 Å². The van der Waals surface area contributed by atoms with Crippen LogP contribution in [-0.2, 0) is 0 Å². The van der Waals surface area contributed by atoms with Gasteiger partial charge in [-0.3, -0.25) is 10.1 Å². The second-order valence-corrected chi connectivity index (χ2v) is 6.95. The third kappa shape index (κ3) is 3.90. The molecule has 0 aliphatic rings. The summed E-state index contributed by atoms with van der Waals surface area (Å²) >= 11 is 1.34. The number of hydrogen-bond acceptors (Lipinski definition) is 8. The van der Waals surface area contributed by atoms with Gasteiger partial charge in [-0.05, 0) is 29.8 Å². The van der Waals surface area contributed by atoms with E-state index in [2.05, 4.69) is 10.1 Å². The van der Waals surface area contributed by atoms with E-state index < -0.39 is 10.5 Å². The number of thiazole rings is 1. The molecule has 0 unspecified atom stereocenters. The van der Waals surface area contributed by atoms with Crippen molar-refractivity contribution in [2.24, 2.45) is 5.10 Å². The number of fused-ring (bicyclic) bond motifs is 1. The van der Waals surface area contributed by atoms with Crippen molar-refractivity contribution in [1.82, 2.24) is 4.98 Å². The van der Waals surface area contributed by atoms with Gasteiger partial charge >= 0.3 is 5.63 Å². The van der Waals surface area contributed by atoms with Crippen molar-refractivity contribution < 1.29 is 9.34 Å². The van der Waals surface area contributed by atoms with Crippen LogP contribution >= 0.6 is 11.3 Å². The summed E-state index contributed by atoms with van der Waals surface area (Å²) in [5.41, 5.74) is 1.73. The van der Waals surface area contributed by atoms with E-state index in [4.69, 9.17) is 4.42 Å². The average Bonchev–Trinajstić information content (AvgIpc) is 3.22. The van der Waals surface area contributed by atoms with E-state index in [1.165, 1.54) is 23.5 Å². The molecule has 2 aromatic heterocycles. The van der Waals surface area contributed by atoms with Crippen LogP contribution in [0, 0.1) is 10.1 Å². The van der Waals surface area contributed by atoms with Gasteiger partial charge < -0.3 is 4.42 Å². The molecular weight excluding hydrogens is 392 g/mol. The molecule has 0 saturated heterocycles. The lowest BCUT2D eigenvalue weighted by atomic mass is 10.1. The normalized spacial score (nSPS) is 11.2. The molecule has 144 valence electrons. The van der Waals surface area contributed by atoms with Crippen molar-refractivity contribution in [3.8, 4) is 11.3 Å². The van der Waals surface area contributed by atoms with Crippen LogP contribution in [0.4, 0.5) is 10.8 Å². The first kappa shape index (κ1) is 18.5. The van der Waals surface area contributed by atoms with Crippen molar-refractivity contribution >= 4 is 39.3 Å². The molecule has 4 aromatic rings. The van der Waals surface area contributed by atoms with E-state index in [1.807, 2.05) is 18.2 Å². The summed E-state index contributed by atoms with van der Waals surface area (Å²) in [7, 11) is 1.73. The Morgan fingerprint density at radius 3 is 2.72 bits per heavy atom. The number of benzene rings is 2. The molecule has 0 amide bonds. The molecule has 0 atom stereocenters. The Labute approximate surface area is 168 Å². The fourth-order valence-electron chi connectivity index (χ4n) is 2.66. The minimum Gasteiger partial charge on any atom is -0.422 e. The third-order valence-electron chi connectivity index (χ3n) is 4.17. The SMILES string of the molecule is CN(/N=C/c1ccc([N+](=O)[O-])cc1)c1nc(-c2cc3ccccc3oc2=O)cs1. The van der Waals surface area contributed by atoms with Gasteiger partial charge in [0, 0.05) is 29.9 Å². The number of anilines is 1. The summed E-state index contributed by atoms with van der Waals surface area (Å²) in [6.07, 6.45) is 1.58. The average molecular weight is 406 g/mol. The Kier molecular flexibility index (Phi) is 4.88. The quantitative estimate of drug-likeness (QED) is 0.212. The smallest absolute Gasteiger partial charge is 0.345 e. The highest BCUT2D eigenvalue weighted by molar-refractivity contribution is 7.14. The number of nitro groups is 1. The number of rotatable bonds is 5. The van der Waals surface area contributed by atoms with E-state index in [0.29, 0.717) is 22.0 Å². The maximum atomic E-state index is 12.3. The largest absolute Gasteiger partial charge is 0.422 e. The van der Waals surface area contributed by atoms with Gasteiger partial charge in [-0.1, -0.05) is 18.2 Å². The molecule has 0 aliphatic heterocycles. The van der Waals surface area contributed by atoms with E-state index in [9.17, 15) is 14.9 Å². The Morgan fingerprint density at radius 2 is 1.97 bits per heavy atom. The first-order valence-electron chi connectivity index (χ1n) is 8.52. The number of para-hydroxylation sites is 1. The monoisotopic (exact) mass is 406 g/mol. The van der Waals surface area contributed by atoms with Gasteiger partial charge in [0.05, 0.1) is 22.4 Å². The standard InChI is InChI=1S/C20H14N4O4S/c1-23(21-11-13-6-8-15(9-7-13)24(26)27)20-22-17(12-29-20)16-10-14-4-2-3-5-18(14)28-19(16)25/h2-12H,1H3/b21-11+. The highest BCUT2D eigenvalue weighted by Crippen LogP contribution is 2.27. The highest BCUT2D eigenvalue weighted by atomic mass is 32.1. The maximum Gasteiger partial charge on any atom is 0.345 e. The molecule has 29 heavy (non-hydrogen) atoms. The van der Waals surface area contributed by atoms with E-state index in [-0.39, 0.29) is 5.69 Å². The lowest BCUT2D eigenvalue weighted by Gasteiger charge is -2.07. The summed E-state index contributed by atoms with van der Waals surface area (Å²) in [4.78, 5) is 27.0. The van der Waals surface area contributed by atoms with Gasteiger partial charge in [-0.2, -0.15) is 5.10 Å². The van der Waals surface area contributed by atoms with E-state index in [1.54, 1.807) is 47.9 Å². The fraction of sp³-hybridized carbons (Fsp3) is 0.0500. The van der Waals surface area contributed by atoms with Gasteiger partial charge in [0.1, 0.15) is 5.58 Å².